The van der Waals surface area contributed by atoms with Crippen LogP contribution in [0.1, 0.15) is 10.4 Å². The summed E-state index contributed by atoms with van der Waals surface area (Å²) in [6.07, 6.45) is 0. The number of nitrogens with zero attached hydrogens (tertiary/aromatic N) is 2. The van der Waals surface area contributed by atoms with E-state index in [9.17, 15) is 25.0 Å². The molecule has 134 valence electrons. The number of para-hydroxylation sites is 1. The minimum Gasteiger partial charge on any atom is -0.321 e. The fourth-order valence-electron chi connectivity index (χ4n) is 2.56. The molecule has 0 aliphatic heterocycles. The number of carbonyl (C=O) groups excluding carboxylic acids is 1. The lowest BCUT2D eigenvalue weighted by Crippen LogP contribution is -2.12. The highest BCUT2D eigenvalue weighted by molar-refractivity contribution is 6.06. The van der Waals surface area contributed by atoms with Crippen LogP contribution in [0.4, 0.5) is 17.1 Å². The summed E-state index contributed by atoms with van der Waals surface area (Å²) in [5.74, 6) is -0.493. The predicted octanol–water partition coefficient (Wildman–Crippen LogP) is 4.42. The van der Waals surface area contributed by atoms with Crippen molar-refractivity contribution in [2.24, 2.45) is 0 Å². The van der Waals surface area contributed by atoms with E-state index in [2.05, 4.69) is 5.32 Å². The summed E-state index contributed by atoms with van der Waals surface area (Å²) in [4.78, 5) is 33.1. The van der Waals surface area contributed by atoms with Crippen LogP contribution in [0.2, 0.25) is 0 Å². The second kappa shape index (κ2) is 7.44. The molecule has 0 fully saturated rings. The normalized spacial score (nSPS) is 10.2. The molecule has 3 aromatic carbocycles. The zero-order chi connectivity index (χ0) is 19.4. The Morgan fingerprint density at radius 3 is 2.11 bits per heavy atom. The van der Waals surface area contributed by atoms with Crippen molar-refractivity contribution in [2.45, 2.75) is 0 Å². The first-order valence-corrected chi connectivity index (χ1v) is 7.85. The molecule has 0 saturated heterocycles. The Balaban J connectivity index is 1.90. The first-order valence-electron chi connectivity index (χ1n) is 7.85. The number of anilines is 1. The van der Waals surface area contributed by atoms with Gasteiger partial charge in [0.05, 0.1) is 9.85 Å². The fraction of sp³-hybridized carbons (Fsp3) is 0. The summed E-state index contributed by atoms with van der Waals surface area (Å²) < 4.78 is 0. The molecule has 0 heterocycles. The third-order valence-corrected chi connectivity index (χ3v) is 3.88. The van der Waals surface area contributed by atoms with Crippen molar-refractivity contribution >= 4 is 23.0 Å². The number of non-ortho nitro benzene ring substituents is 2. The Labute approximate surface area is 153 Å². The van der Waals surface area contributed by atoms with Crippen LogP contribution in [-0.4, -0.2) is 15.8 Å². The third-order valence-electron chi connectivity index (χ3n) is 3.88. The van der Waals surface area contributed by atoms with Gasteiger partial charge in [-0.1, -0.05) is 24.3 Å². The molecule has 3 aromatic rings. The van der Waals surface area contributed by atoms with Gasteiger partial charge < -0.3 is 5.32 Å². The van der Waals surface area contributed by atoms with Crippen molar-refractivity contribution in [1.29, 1.82) is 0 Å². The summed E-state index contributed by atoms with van der Waals surface area (Å²) >= 11 is 0. The van der Waals surface area contributed by atoms with Crippen molar-refractivity contribution < 1.29 is 14.6 Å². The molecule has 0 atom stereocenters. The van der Waals surface area contributed by atoms with E-state index in [4.69, 9.17) is 0 Å². The zero-order valence-electron chi connectivity index (χ0n) is 13.9. The van der Waals surface area contributed by atoms with Crippen LogP contribution in [0.25, 0.3) is 11.1 Å². The number of benzene rings is 3. The molecule has 8 heteroatoms. The second-order valence-electron chi connectivity index (χ2n) is 5.61. The van der Waals surface area contributed by atoms with Gasteiger partial charge in [0, 0.05) is 41.1 Å². The highest BCUT2D eigenvalue weighted by atomic mass is 16.6. The van der Waals surface area contributed by atoms with E-state index < -0.39 is 15.8 Å². The Kier molecular flexibility index (Phi) is 4.89. The molecule has 0 aliphatic carbocycles. The molecule has 27 heavy (non-hydrogen) atoms. The third kappa shape index (κ3) is 3.96. The second-order valence-corrected chi connectivity index (χ2v) is 5.61. The molecule has 0 unspecified atom stereocenters. The van der Waals surface area contributed by atoms with Crippen LogP contribution in [0, 0.1) is 20.2 Å². The van der Waals surface area contributed by atoms with E-state index in [-0.39, 0.29) is 16.9 Å². The van der Waals surface area contributed by atoms with E-state index in [1.54, 1.807) is 36.4 Å². The predicted molar refractivity (Wildman–Crippen MR) is 99.6 cm³/mol. The molecule has 0 saturated carbocycles. The van der Waals surface area contributed by atoms with Crippen LogP contribution in [0.3, 0.4) is 0 Å². The number of nitro groups is 2. The number of nitro benzene ring substituents is 2. The monoisotopic (exact) mass is 363 g/mol. The molecule has 1 N–H and O–H groups in total. The van der Waals surface area contributed by atoms with E-state index in [1.807, 2.05) is 0 Å². The highest BCUT2D eigenvalue weighted by Crippen LogP contribution is 2.29. The molecule has 0 aliphatic rings. The lowest BCUT2D eigenvalue weighted by molar-refractivity contribution is -0.385. The molecule has 0 aromatic heterocycles. The molecule has 3 rings (SSSR count). The summed E-state index contributed by atoms with van der Waals surface area (Å²) in [6.45, 7) is 0. The Hall–Kier alpha value is -4.07. The SMILES string of the molecule is O=C(Nc1ccccc1-c1ccc([N+](=O)[O-])cc1)c1cccc([N+](=O)[O-])c1. The van der Waals surface area contributed by atoms with Crippen LogP contribution >= 0.6 is 0 Å². The van der Waals surface area contributed by atoms with Crippen molar-refractivity contribution in [2.75, 3.05) is 5.32 Å². The van der Waals surface area contributed by atoms with Crippen LogP contribution in [0.5, 0.6) is 0 Å². The van der Waals surface area contributed by atoms with Gasteiger partial charge >= 0.3 is 0 Å². The quantitative estimate of drug-likeness (QED) is 0.532. The summed E-state index contributed by atoms with van der Waals surface area (Å²) in [7, 11) is 0. The maximum atomic E-state index is 12.5. The van der Waals surface area contributed by atoms with Crippen molar-refractivity contribution in [3.8, 4) is 11.1 Å². The van der Waals surface area contributed by atoms with Gasteiger partial charge in [0.25, 0.3) is 17.3 Å². The number of carbonyl (C=O) groups is 1. The summed E-state index contributed by atoms with van der Waals surface area (Å²) in [5.41, 5.74) is 1.80. The maximum absolute atomic E-state index is 12.5. The van der Waals surface area contributed by atoms with Gasteiger partial charge in [0.2, 0.25) is 0 Å². The van der Waals surface area contributed by atoms with Crippen LogP contribution < -0.4 is 5.32 Å². The average molecular weight is 363 g/mol. The van der Waals surface area contributed by atoms with Crippen molar-refractivity contribution in [1.82, 2.24) is 0 Å². The van der Waals surface area contributed by atoms with Crippen LogP contribution in [-0.2, 0) is 0 Å². The molecule has 0 radical (unpaired) electrons. The van der Waals surface area contributed by atoms with Gasteiger partial charge in [-0.05, 0) is 29.8 Å². The molecular weight excluding hydrogens is 350 g/mol. The first-order chi connectivity index (χ1) is 13.0. The molecular formula is C19H13N3O5. The van der Waals surface area contributed by atoms with Crippen LogP contribution in [0.15, 0.2) is 72.8 Å². The molecule has 0 spiro atoms. The first kappa shape index (κ1) is 17.7. The standard InChI is InChI=1S/C19H13N3O5/c23-19(14-4-3-5-16(12-14)22(26)27)20-18-7-2-1-6-17(18)13-8-10-15(11-9-13)21(24)25/h1-12H,(H,20,23). The number of rotatable bonds is 5. The van der Waals surface area contributed by atoms with Gasteiger partial charge in [-0.15, -0.1) is 0 Å². The summed E-state index contributed by atoms with van der Waals surface area (Å²) in [6, 6.07) is 18.3. The van der Waals surface area contributed by atoms with Crippen molar-refractivity contribution in [3.05, 3.63) is 98.6 Å². The van der Waals surface area contributed by atoms with Gasteiger partial charge in [0.1, 0.15) is 0 Å². The van der Waals surface area contributed by atoms with Crippen molar-refractivity contribution in [3.63, 3.8) is 0 Å². The largest absolute Gasteiger partial charge is 0.321 e. The number of nitrogens with one attached hydrogen (secondary N) is 1. The lowest BCUT2D eigenvalue weighted by atomic mass is 10.0. The minimum absolute atomic E-state index is 0.0307. The zero-order valence-corrected chi connectivity index (χ0v) is 13.9. The smallest absolute Gasteiger partial charge is 0.270 e. The van der Waals surface area contributed by atoms with Gasteiger partial charge in [-0.25, -0.2) is 0 Å². The highest BCUT2D eigenvalue weighted by Gasteiger charge is 2.14. The minimum atomic E-state index is -0.568. The van der Waals surface area contributed by atoms with Gasteiger partial charge in [-0.3, -0.25) is 25.0 Å². The topological polar surface area (TPSA) is 115 Å². The van der Waals surface area contributed by atoms with Gasteiger partial charge in [0.15, 0.2) is 0 Å². The number of amides is 1. The molecule has 1 amide bonds. The van der Waals surface area contributed by atoms with E-state index >= 15 is 0 Å². The number of hydrogen-bond donors (Lipinski definition) is 1. The van der Waals surface area contributed by atoms with Gasteiger partial charge in [-0.2, -0.15) is 0 Å². The van der Waals surface area contributed by atoms with E-state index in [0.717, 1.165) is 0 Å². The Morgan fingerprint density at radius 1 is 0.778 bits per heavy atom. The average Bonchev–Trinajstić information content (AvgIpc) is 2.68. The Morgan fingerprint density at radius 2 is 1.44 bits per heavy atom. The number of hydrogen-bond acceptors (Lipinski definition) is 5. The lowest BCUT2D eigenvalue weighted by Gasteiger charge is -2.11. The van der Waals surface area contributed by atoms with E-state index in [0.29, 0.717) is 16.8 Å². The Bertz CT molecular complexity index is 1030. The molecule has 8 nitrogen and oxygen atoms in total. The fourth-order valence-corrected chi connectivity index (χ4v) is 2.56. The summed E-state index contributed by atoms with van der Waals surface area (Å²) in [5, 5.41) is 24.4. The van der Waals surface area contributed by atoms with E-state index in [1.165, 1.54) is 36.4 Å². The maximum Gasteiger partial charge on any atom is 0.270 e. The molecule has 0 bridgehead atoms.